The first-order chi connectivity index (χ1) is 8.70. The average molecular weight is 309 g/mol. The summed E-state index contributed by atoms with van der Waals surface area (Å²) in [5.74, 6) is 1.38. The molecular formula is C16H21BrO. The first kappa shape index (κ1) is 13.8. The third-order valence-electron chi connectivity index (χ3n) is 4.11. The van der Waals surface area contributed by atoms with E-state index in [0.29, 0.717) is 24.0 Å². The number of carbonyl (C=O) groups is 1. The van der Waals surface area contributed by atoms with Crippen LogP contribution < -0.4 is 0 Å². The summed E-state index contributed by atoms with van der Waals surface area (Å²) < 4.78 is 1.06. The molecule has 1 aromatic rings. The van der Waals surface area contributed by atoms with Gasteiger partial charge in [-0.15, -0.1) is 0 Å². The summed E-state index contributed by atoms with van der Waals surface area (Å²) in [5, 5.41) is 0. The largest absolute Gasteiger partial charge is 0.299 e. The second-order valence-corrected chi connectivity index (χ2v) is 6.25. The van der Waals surface area contributed by atoms with E-state index >= 15 is 0 Å². The van der Waals surface area contributed by atoms with Gasteiger partial charge in [0.2, 0.25) is 0 Å². The minimum Gasteiger partial charge on any atom is -0.299 e. The Morgan fingerprint density at radius 3 is 2.83 bits per heavy atom. The van der Waals surface area contributed by atoms with E-state index in [1.54, 1.807) is 0 Å². The first-order valence-electron chi connectivity index (χ1n) is 6.98. The fraction of sp³-hybridized carbons (Fsp3) is 0.562. The minimum absolute atomic E-state index is 0.308. The van der Waals surface area contributed by atoms with E-state index in [9.17, 15) is 4.79 Å². The van der Waals surface area contributed by atoms with E-state index in [1.165, 1.54) is 19.3 Å². The van der Waals surface area contributed by atoms with Crippen molar-refractivity contribution in [2.24, 2.45) is 11.8 Å². The molecule has 1 nitrogen and oxygen atoms in total. The van der Waals surface area contributed by atoms with Crippen LogP contribution in [0.2, 0.25) is 0 Å². The van der Waals surface area contributed by atoms with E-state index in [-0.39, 0.29) is 0 Å². The quantitative estimate of drug-likeness (QED) is 0.782. The van der Waals surface area contributed by atoms with Gasteiger partial charge in [0.25, 0.3) is 0 Å². The topological polar surface area (TPSA) is 17.1 Å². The highest BCUT2D eigenvalue weighted by molar-refractivity contribution is 9.10. The van der Waals surface area contributed by atoms with Crippen LogP contribution in [-0.2, 0) is 11.2 Å². The fourth-order valence-corrected chi connectivity index (χ4v) is 3.55. The predicted octanol–water partition coefficient (Wildman–Crippen LogP) is 4.78. The predicted molar refractivity (Wildman–Crippen MR) is 78.6 cm³/mol. The van der Waals surface area contributed by atoms with Crippen LogP contribution in [0.25, 0.3) is 0 Å². The van der Waals surface area contributed by atoms with Crippen LogP contribution in [0, 0.1) is 11.8 Å². The van der Waals surface area contributed by atoms with Crippen LogP contribution >= 0.6 is 15.9 Å². The van der Waals surface area contributed by atoms with Crippen LogP contribution in [0.15, 0.2) is 28.7 Å². The van der Waals surface area contributed by atoms with Crippen molar-refractivity contribution in [2.75, 3.05) is 0 Å². The van der Waals surface area contributed by atoms with Crippen molar-refractivity contribution in [1.82, 2.24) is 0 Å². The highest BCUT2D eigenvalue weighted by atomic mass is 79.9. The molecule has 1 fully saturated rings. The lowest BCUT2D eigenvalue weighted by Crippen LogP contribution is -2.28. The molecule has 1 aromatic carbocycles. The van der Waals surface area contributed by atoms with Crippen molar-refractivity contribution in [3.8, 4) is 0 Å². The minimum atomic E-state index is 0.308. The molecule has 0 radical (unpaired) electrons. The van der Waals surface area contributed by atoms with Crippen LogP contribution in [0.5, 0.6) is 0 Å². The summed E-state index contributed by atoms with van der Waals surface area (Å²) in [6, 6.07) is 8.11. The van der Waals surface area contributed by atoms with Gasteiger partial charge in [-0.1, -0.05) is 54.2 Å². The molecule has 2 atom stereocenters. The molecule has 1 aliphatic carbocycles. The Balaban J connectivity index is 2.02. The van der Waals surface area contributed by atoms with E-state index < -0.39 is 0 Å². The standard InChI is InChI=1S/C16H21BrO/c1-2-13-7-3-4-9-15(13)16(18)11-12-6-5-8-14(17)10-12/h5-6,8,10,13,15H,2-4,7,9,11H2,1H3. The molecule has 2 unspecified atom stereocenters. The molecule has 1 saturated carbocycles. The number of halogens is 1. The molecule has 18 heavy (non-hydrogen) atoms. The van der Waals surface area contributed by atoms with Crippen LogP contribution in [0.4, 0.5) is 0 Å². The van der Waals surface area contributed by atoms with Gasteiger partial charge < -0.3 is 0 Å². The zero-order valence-electron chi connectivity index (χ0n) is 11.0. The van der Waals surface area contributed by atoms with Gasteiger partial charge in [0.15, 0.2) is 0 Å². The molecule has 0 bridgehead atoms. The van der Waals surface area contributed by atoms with Crippen LogP contribution in [-0.4, -0.2) is 5.78 Å². The number of benzene rings is 1. The summed E-state index contributed by atoms with van der Waals surface area (Å²) in [7, 11) is 0. The summed E-state index contributed by atoms with van der Waals surface area (Å²) in [6.45, 7) is 2.22. The third-order valence-corrected chi connectivity index (χ3v) is 4.61. The fourth-order valence-electron chi connectivity index (χ4n) is 3.10. The van der Waals surface area contributed by atoms with Gasteiger partial charge in [-0.2, -0.15) is 0 Å². The van der Waals surface area contributed by atoms with Crippen molar-refractivity contribution in [2.45, 2.75) is 45.4 Å². The van der Waals surface area contributed by atoms with Crippen molar-refractivity contribution in [3.05, 3.63) is 34.3 Å². The summed E-state index contributed by atoms with van der Waals surface area (Å²) in [4.78, 5) is 12.4. The highest BCUT2D eigenvalue weighted by Crippen LogP contribution is 2.33. The molecule has 98 valence electrons. The number of Topliss-reactive ketones (excluding diaryl/α,β-unsaturated/α-hetero) is 1. The van der Waals surface area contributed by atoms with Crippen LogP contribution in [0.1, 0.15) is 44.6 Å². The maximum absolute atomic E-state index is 12.4. The van der Waals surface area contributed by atoms with Gasteiger partial charge in [-0.3, -0.25) is 4.79 Å². The average Bonchev–Trinajstić information content (AvgIpc) is 2.38. The second kappa shape index (κ2) is 6.51. The van der Waals surface area contributed by atoms with Gasteiger partial charge in [-0.05, 0) is 36.5 Å². The molecule has 0 spiro atoms. The Morgan fingerprint density at radius 1 is 1.33 bits per heavy atom. The Kier molecular flexibility index (Phi) is 4.99. The molecule has 0 saturated heterocycles. The lowest BCUT2D eigenvalue weighted by Gasteiger charge is -2.29. The van der Waals surface area contributed by atoms with Gasteiger partial charge in [0.1, 0.15) is 5.78 Å². The Bertz CT molecular complexity index is 413. The number of carbonyl (C=O) groups excluding carboxylic acids is 1. The van der Waals surface area contributed by atoms with Crippen molar-refractivity contribution < 1.29 is 4.79 Å². The maximum Gasteiger partial charge on any atom is 0.140 e. The van der Waals surface area contributed by atoms with Gasteiger partial charge in [0.05, 0.1) is 0 Å². The van der Waals surface area contributed by atoms with Gasteiger partial charge in [0, 0.05) is 16.8 Å². The van der Waals surface area contributed by atoms with E-state index in [4.69, 9.17) is 0 Å². The van der Waals surface area contributed by atoms with Crippen molar-refractivity contribution in [3.63, 3.8) is 0 Å². The molecule has 0 N–H and O–H groups in total. The molecule has 0 heterocycles. The number of hydrogen-bond acceptors (Lipinski definition) is 1. The number of rotatable bonds is 4. The maximum atomic E-state index is 12.4. The normalized spacial score (nSPS) is 23.9. The molecule has 0 aliphatic heterocycles. The molecule has 2 heteroatoms. The first-order valence-corrected chi connectivity index (χ1v) is 7.77. The van der Waals surface area contributed by atoms with Crippen molar-refractivity contribution in [1.29, 1.82) is 0 Å². The Hall–Kier alpha value is -0.630. The molecule has 0 aromatic heterocycles. The zero-order chi connectivity index (χ0) is 13.0. The Morgan fingerprint density at radius 2 is 2.11 bits per heavy atom. The molecule has 0 amide bonds. The Labute approximate surface area is 118 Å². The number of ketones is 1. The molecular weight excluding hydrogens is 288 g/mol. The third kappa shape index (κ3) is 3.44. The monoisotopic (exact) mass is 308 g/mol. The summed E-state index contributed by atoms with van der Waals surface area (Å²) in [5.41, 5.74) is 1.13. The number of hydrogen-bond donors (Lipinski definition) is 0. The lowest BCUT2D eigenvalue weighted by molar-refractivity contribution is -0.125. The SMILES string of the molecule is CCC1CCCCC1C(=O)Cc1cccc(Br)c1. The smallest absolute Gasteiger partial charge is 0.140 e. The molecule has 1 aliphatic rings. The van der Waals surface area contributed by atoms with Gasteiger partial charge >= 0.3 is 0 Å². The van der Waals surface area contributed by atoms with Crippen LogP contribution in [0.3, 0.4) is 0 Å². The van der Waals surface area contributed by atoms with E-state index in [2.05, 4.69) is 28.9 Å². The molecule has 2 rings (SSSR count). The van der Waals surface area contributed by atoms with Gasteiger partial charge in [-0.25, -0.2) is 0 Å². The zero-order valence-corrected chi connectivity index (χ0v) is 12.6. The highest BCUT2D eigenvalue weighted by Gasteiger charge is 2.29. The summed E-state index contributed by atoms with van der Waals surface area (Å²) in [6.07, 6.45) is 6.62. The summed E-state index contributed by atoms with van der Waals surface area (Å²) >= 11 is 3.46. The van der Waals surface area contributed by atoms with E-state index in [1.807, 2.05) is 18.2 Å². The van der Waals surface area contributed by atoms with Crippen molar-refractivity contribution >= 4 is 21.7 Å². The second-order valence-electron chi connectivity index (χ2n) is 5.33. The lowest BCUT2D eigenvalue weighted by atomic mass is 9.74. The van der Waals surface area contributed by atoms with E-state index in [0.717, 1.165) is 22.9 Å².